The largest absolute Gasteiger partial charge is 0.393 e. The molecule has 16 heavy (non-hydrogen) atoms. The average molecular weight is 240 g/mol. The van der Waals surface area contributed by atoms with Gasteiger partial charge in [0, 0.05) is 13.1 Å². The van der Waals surface area contributed by atoms with Gasteiger partial charge in [0.15, 0.2) is 0 Å². The summed E-state index contributed by atoms with van der Waals surface area (Å²) in [4.78, 5) is 13.8. The molecule has 1 aliphatic heterocycles. The summed E-state index contributed by atoms with van der Waals surface area (Å²) in [6, 6.07) is 7.06. The maximum absolute atomic E-state index is 12.1. The first kappa shape index (κ1) is 11.4. The minimum Gasteiger partial charge on any atom is -0.393 e. The van der Waals surface area contributed by atoms with E-state index in [9.17, 15) is 9.90 Å². The highest BCUT2D eigenvalue weighted by Crippen LogP contribution is 2.19. The highest BCUT2D eigenvalue weighted by Gasteiger charge is 2.23. The zero-order valence-corrected chi connectivity index (χ0v) is 9.65. The molecule has 0 atom stereocenters. The van der Waals surface area contributed by atoms with Crippen LogP contribution in [0.1, 0.15) is 23.2 Å². The molecule has 4 heteroatoms. The molecule has 1 N–H and O–H groups in total. The van der Waals surface area contributed by atoms with Gasteiger partial charge in [-0.15, -0.1) is 0 Å². The number of piperidine rings is 1. The first-order valence-corrected chi connectivity index (χ1v) is 5.78. The number of likely N-dealkylation sites (tertiary alicyclic amines) is 1. The van der Waals surface area contributed by atoms with Crippen molar-refractivity contribution < 1.29 is 9.90 Å². The second-order valence-corrected chi connectivity index (χ2v) is 4.41. The number of aliphatic hydroxyl groups excluding tert-OH is 1. The van der Waals surface area contributed by atoms with Crippen LogP contribution in [0.2, 0.25) is 5.02 Å². The molecule has 0 aliphatic carbocycles. The van der Waals surface area contributed by atoms with Crippen LogP contribution in [0.15, 0.2) is 24.3 Å². The number of carbonyl (C=O) groups excluding carboxylic acids is 1. The summed E-state index contributed by atoms with van der Waals surface area (Å²) in [6.45, 7) is 1.20. The van der Waals surface area contributed by atoms with Gasteiger partial charge >= 0.3 is 0 Å². The number of carbonyl (C=O) groups is 1. The van der Waals surface area contributed by atoms with E-state index in [1.165, 1.54) is 0 Å². The van der Waals surface area contributed by atoms with Gasteiger partial charge < -0.3 is 10.0 Å². The Morgan fingerprint density at radius 3 is 2.56 bits per heavy atom. The monoisotopic (exact) mass is 239 g/mol. The van der Waals surface area contributed by atoms with Gasteiger partial charge in [-0.2, -0.15) is 0 Å². The molecule has 0 aromatic heterocycles. The van der Waals surface area contributed by atoms with Gasteiger partial charge in [-0.3, -0.25) is 4.79 Å². The third kappa shape index (κ3) is 2.36. The molecule has 0 radical (unpaired) electrons. The van der Waals surface area contributed by atoms with E-state index >= 15 is 0 Å². The van der Waals surface area contributed by atoms with Crippen LogP contribution in [-0.2, 0) is 0 Å². The van der Waals surface area contributed by atoms with Gasteiger partial charge in [-0.05, 0) is 25.0 Å². The predicted molar refractivity (Wildman–Crippen MR) is 62.6 cm³/mol. The summed E-state index contributed by atoms with van der Waals surface area (Å²) in [5.41, 5.74) is 0.542. The lowest BCUT2D eigenvalue weighted by Crippen LogP contribution is -2.40. The Morgan fingerprint density at radius 2 is 1.94 bits per heavy atom. The molecule has 1 amide bonds. The van der Waals surface area contributed by atoms with E-state index in [1.54, 1.807) is 29.2 Å². The number of aliphatic hydroxyl groups is 1. The minimum atomic E-state index is -0.268. The normalized spacial score (nSPS) is 17.5. The van der Waals surface area contributed by atoms with Crippen molar-refractivity contribution in [3.05, 3.63) is 34.9 Å². The molecule has 1 aliphatic rings. The zero-order chi connectivity index (χ0) is 11.5. The molecule has 3 nitrogen and oxygen atoms in total. The van der Waals surface area contributed by atoms with E-state index in [1.807, 2.05) is 0 Å². The van der Waals surface area contributed by atoms with Crippen molar-refractivity contribution >= 4 is 17.5 Å². The van der Waals surface area contributed by atoms with Crippen molar-refractivity contribution in [2.45, 2.75) is 18.9 Å². The summed E-state index contributed by atoms with van der Waals surface area (Å²) >= 11 is 5.97. The zero-order valence-electron chi connectivity index (χ0n) is 8.90. The Bertz CT molecular complexity index is 386. The Hall–Kier alpha value is -1.06. The minimum absolute atomic E-state index is 0.0440. The Kier molecular flexibility index (Phi) is 3.46. The number of nitrogens with zero attached hydrogens (tertiary/aromatic N) is 1. The highest BCUT2D eigenvalue weighted by atomic mass is 35.5. The van der Waals surface area contributed by atoms with E-state index in [4.69, 9.17) is 11.6 Å². The quantitative estimate of drug-likeness (QED) is 0.814. The molecule has 0 spiro atoms. The van der Waals surface area contributed by atoms with Crippen LogP contribution in [0.5, 0.6) is 0 Å². The van der Waals surface area contributed by atoms with Gasteiger partial charge in [-0.1, -0.05) is 23.7 Å². The standard InChI is InChI=1S/C12H14ClNO2/c13-11-4-2-1-3-10(11)12(16)14-7-5-9(15)6-8-14/h1-4,9,15H,5-8H2. The molecule has 0 saturated carbocycles. The van der Waals surface area contributed by atoms with Crippen molar-refractivity contribution in [1.29, 1.82) is 0 Å². The van der Waals surface area contributed by atoms with Gasteiger partial charge in [0.05, 0.1) is 16.7 Å². The van der Waals surface area contributed by atoms with Crippen LogP contribution in [0.4, 0.5) is 0 Å². The van der Waals surface area contributed by atoms with Gasteiger partial charge in [0.2, 0.25) is 0 Å². The second-order valence-electron chi connectivity index (χ2n) is 4.00. The van der Waals surface area contributed by atoms with Gasteiger partial charge in [0.25, 0.3) is 5.91 Å². The Labute approximate surface area is 99.6 Å². The lowest BCUT2D eigenvalue weighted by Gasteiger charge is -2.29. The number of halogens is 1. The highest BCUT2D eigenvalue weighted by molar-refractivity contribution is 6.33. The Morgan fingerprint density at radius 1 is 1.31 bits per heavy atom. The molecule has 1 heterocycles. The lowest BCUT2D eigenvalue weighted by atomic mass is 10.1. The van der Waals surface area contributed by atoms with Crippen molar-refractivity contribution in [3.8, 4) is 0 Å². The smallest absolute Gasteiger partial charge is 0.255 e. The van der Waals surface area contributed by atoms with E-state index < -0.39 is 0 Å². The number of benzene rings is 1. The van der Waals surface area contributed by atoms with Crippen molar-refractivity contribution in [2.75, 3.05) is 13.1 Å². The van der Waals surface area contributed by atoms with Crippen LogP contribution in [-0.4, -0.2) is 35.1 Å². The maximum atomic E-state index is 12.1. The van der Waals surface area contributed by atoms with E-state index in [-0.39, 0.29) is 12.0 Å². The molecule has 1 fully saturated rings. The fourth-order valence-electron chi connectivity index (χ4n) is 1.87. The summed E-state index contributed by atoms with van der Waals surface area (Å²) in [5.74, 6) is -0.0440. The molecule has 2 rings (SSSR count). The van der Waals surface area contributed by atoms with Crippen LogP contribution in [0.3, 0.4) is 0 Å². The van der Waals surface area contributed by atoms with Crippen LogP contribution >= 0.6 is 11.6 Å². The Balaban J connectivity index is 2.11. The topological polar surface area (TPSA) is 40.5 Å². The number of hydrogen-bond acceptors (Lipinski definition) is 2. The summed E-state index contributed by atoms with van der Waals surface area (Å²) in [7, 11) is 0. The van der Waals surface area contributed by atoms with Crippen LogP contribution < -0.4 is 0 Å². The van der Waals surface area contributed by atoms with Crippen LogP contribution in [0, 0.1) is 0 Å². The van der Waals surface area contributed by atoms with Gasteiger partial charge in [-0.25, -0.2) is 0 Å². The molecular weight excluding hydrogens is 226 g/mol. The first-order valence-electron chi connectivity index (χ1n) is 5.40. The molecule has 1 aromatic carbocycles. The average Bonchev–Trinajstić information content (AvgIpc) is 2.30. The second kappa shape index (κ2) is 4.85. The number of rotatable bonds is 1. The first-order chi connectivity index (χ1) is 7.68. The van der Waals surface area contributed by atoms with Crippen molar-refractivity contribution in [3.63, 3.8) is 0 Å². The van der Waals surface area contributed by atoms with Crippen molar-refractivity contribution in [1.82, 2.24) is 4.90 Å². The molecule has 86 valence electrons. The number of amides is 1. The fraction of sp³-hybridized carbons (Fsp3) is 0.417. The molecule has 1 aromatic rings. The molecule has 0 bridgehead atoms. The fourth-order valence-corrected chi connectivity index (χ4v) is 2.09. The third-order valence-electron chi connectivity index (χ3n) is 2.86. The third-order valence-corrected chi connectivity index (χ3v) is 3.19. The van der Waals surface area contributed by atoms with E-state index in [2.05, 4.69) is 0 Å². The lowest BCUT2D eigenvalue weighted by molar-refractivity contribution is 0.0546. The van der Waals surface area contributed by atoms with Crippen molar-refractivity contribution in [2.24, 2.45) is 0 Å². The van der Waals surface area contributed by atoms with E-state index in [0.717, 1.165) is 0 Å². The van der Waals surface area contributed by atoms with E-state index in [0.29, 0.717) is 36.5 Å². The summed E-state index contributed by atoms with van der Waals surface area (Å²) in [6.07, 6.45) is 1.03. The SMILES string of the molecule is O=C(c1ccccc1Cl)N1CCC(O)CC1. The molecular formula is C12H14ClNO2. The number of hydrogen-bond donors (Lipinski definition) is 1. The predicted octanol–water partition coefficient (Wildman–Crippen LogP) is 1.94. The molecule has 0 unspecified atom stereocenters. The molecule has 1 saturated heterocycles. The summed E-state index contributed by atoms with van der Waals surface area (Å²) < 4.78 is 0. The van der Waals surface area contributed by atoms with Gasteiger partial charge in [0.1, 0.15) is 0 Å². The van der Waals surface area contributed by atoms with Crippen LogP contribution in [0.25, 0.3) is 0 Å². The summed E-state index contributed by atoms with van der Waals surface area (Å²) in [5, 5.41) is 9.85. The maximum Gasteiger partial charge on any atom is 0.255 e.